The van der Waals surface area contributed by atoms with Crippen LogP contribution in [0.25, 0.3) is 0 Å². The molecule has 0 saturated carbocycles. The molecule has 162 valence electrons. The molecule has 1 heterocycles. The van der Waals surface area contributed by atoms with Crippen molar-refractivity contribution in [2.75, 3.05) is 16.1 Å². The van der Waals surface area contributed by atoms with Gasteiger partial charge in [-0.15, -0.1) is 11.3 Å². The number of ether oxygens (including phenoxy) is 1. The normalized spacial score (nSPS) is 12.0. The number of carbonyl (C=O) groups excluding carboxylic acids is 3. The quantitative estimate of drug-likeness (QED) is 0.283. The summed E-state index contributed by atoms with van der Waals surface area (Å²) in [7, 11) is -4.60. The molecule has 30 heavy (non-hydrogen) atoms. The third-order valence-electron chi connectivity index (χ3n) is 3.37. The number of carbonyl (C=O) groups is 3. The minimum atomic E-state index is -4.26. The van der Waals surface area contributed by atoms with Gasteiger partial charge < -0.3 is 10.1 Å². The van der Waals surface area contributed by atoms with Gasteiger partial charge >= 0.3 is 5.97 Å². The third kappa shape index (κ3) is 5.38. The van der Waals surface area contributed by atoms with Gasteiger partial charge in [-0.2, -0.15) is 0 Å². The molecule has 2 rings (SSSR count). The number of hydrogen-bond donors (Lipinski definition) is 1. The summed E-state index contributed by atoms with van der Waals surface area (Å²) in [5.41, 5.74) is 0.00345. The highest BCUT2D eigenvalue weighted by Crippen LogP contribution is 2.38. The van der Waals surface area contributed by atoms with Gasteiger partial charge in [-0.05, 0) is 54.4 Å². The first-order valence-corrected chi connectivity index (χ1v) is 12.1. The molecule has 1 atom stereocenters. The SMILES string of the molecule is CPN(c1scnc1C(=O)OC(C)(C)C)S(=O)(=O)c1ccc(NC(=O)C=O)c(F)c1. The van der Waals surface area contributed by atoms with Crippen LogP contribution in [0.3, 0.4) is 0 Å². The zero-order valence-electron chi connectivity index (χ0n) is 16.4. The van der Waals surface area contributed by atoms with E-state index < -0.39 is 38.2 Å². The van der Waals surface area contributed by atoms with Gasteiger partial charge in [0.25, 0.3) is 15.9 Å². The molecule has 0 bridgehead atoms. The van der Waals surface area contributed by atoms with Crippen LogP contribution < -0.4 is 9.39 Å². The van der Waals surface area contributed by atoms with Crippen molar-refractivity contribution >= 4 is 58.9 Å². The van der Waals surface area contributed by atoms with Crippen LogP contribution >= 0.6 is 20.1 Å². The number of hydrogen-bond acceptors (Lipinski definition) is 8. The molecular weight excluding hydrogens is 456 g/mol. The average Bonchev–Trinajstić information content (AvgIpc) is 3.11. The molecule has 1 amide bonds. The number of anilines is 2. The van der Waals surface area contributed by atoms with Crippen molar-refractivity contribution in [2.45, 2.75) is 31.3 Å². The van der Waals surface area contributed by atoms with E-state index in [1.807, 2.05) is 5.32 Å². The molecule has 1 aromatic heterocycles. The van der Waals surface area contributed by atoms with E-state index in [0.717, 1.165) is 33.6 Å². The largest absolute Gasteiger partial charge is 0.455 e. The zero-order valence-corrected chi connectivity index (χ0v) is 19.1. The van der Waals surface area contributed by atoms with Crippen LogP contribution in [-0.2, 0) is 24.3 Å². The maximum absolute atomic E-state index is 14.3. The van der Waals surface area contributed by atoms with E-state index in [1.54, 1.807) is 27.4 Å². The molecule has 0 spiro atoms. The highest BCUT2D eigenvalue weighted by atomic mass is 32.2. The van der Waals surface area contributed by atoms with E-state index in [9.17, 15) is 27.2 Å². The Morgan fingerprint density at radius 1 is 1.33 bits per heavy atom. The number of aldehydes is 1. The van der Waals surface area contributed by atoms with Gasteiger partial charge in [0.05, 0.1) is 16.1 Å². The second kappa shape index (κ2) is 9.15. The number of rotatable bonds is 7. The van der Waals surface area contributed by atoms with Crippen LogP contribution in [0.4, 0.5) is 15.1 Å². The summed E-state index contributed by atoms with van der Waals surface area (Å²) in [5.74, 6) is -2.90. The number of halogens is 1. The lowest BCUT2D eigenvalue weighted by Crippen LogP contribution is -2.27. The fourth-order valence-corrected chi connectivity index (χ4v) is 6.26. The molecule has 0 aliphatic carbocycles. The molecule has 0 aliphatic heterocycles. The number of thiazole rings is 1. The van der Waals surface area contributed by atoms with Crippen molar-refractivity contribution in [1.82, 2.24) is 4.98 Å². The Kier molecular flexibility index (Phi) is 7.27. The van der Waals surface area contributed by atoms with Crippen LogP contribution in [0.1, 0.15) is 31.3 Å². The Balaban J connectivity index is 2.43. The Morgan fingerprint density at radius 3 is 2.53 bits per heavy atom. The number of nitrogens with one attached hydrogen (secondary N) is 1. The van der Waals surface area contributed by atoms with Crippen molar-refractivity contribution in [3.05, 3.63) is 35.2 Å². The first-order valence-electron chi connectivity index (χ1n) is 8.36. The molecule has 1 aromatic carbocycles. The van der Waals surface area contributed by atoms with Crippen LogP contribution in [-0.4, -0.2) is 43.8 Å². The number of aromatic nitrogens is 1. The summed E-state index contributed by atoms with van der Waals surface area (Å²) < 4.78 is 46.7. The third-order valence-corrected chi connectivity index (χ3v) is 7.87. The van der Waals surface area contributed by atoms with Crippen molar-refractivity contribution in [2.24, 2.45) is 0 Å². The molecule has 0 fully saturated rings. The molecule has 1 N–H and O–H groups in total. The van der Waals surface area contributed by atoms with E-state index >= 15 is 0 Å². The van der Waals surface area contributed by atoms with Gasteiger partial charge in [0.1, 0.15) is 16.4 Å². The Hall–Kier alpha value is -2.43. The molecule has 1 unspecified atom stereocenters. The number of sulfonamides is 1. The highest BCUT2D eigenvalue weighted by Gasteiger charge is 2.32. The summed E-state index contributed by atoms with van der Waals surface area (Å²) in [6.45, 7) is 6.58. The van der Waals surface area contributed by atoms with E-state index in [1.165, 1.54) is 5.51 Å². The van der Waals surface area contributed by atoms with Gasteiger partial charge in [0.15, 0.2) is 5.69 Å². The standard InChI is InChI=1S/C17H19FN3O6PS2/c1-17(2,3)27-16(24)14-15(29-9-19-14)21(28-4)30(25,26)10-5-6-12(11(18)7-10)20-13(23)8-22/h5-9,28H,1-4H3,(H,20,23). The fraction of sp³-hybridized carbons (Fsp3) is 0.294. The van der Waals surface area contributed by atoms with Gasteiger partial charge in [-0.3, -0.25) is 9.59 Å². The molecule has 0 saturated heterocycles. The molecule has 0 radical (unpaired) electrons. The minimum absolute atomic E-state index is 0.0357. The second-order valence-corrected chi connectivity index (χ2v) is 10.6. The monoisotopic (exact) mass is 475 g/mol. The van der Waals surface area contributed by atoms with Crippen molar-refractivity contribution in [3.63, 3.8) is 0 Å². The number of benzene rings is 1. The van der Waals surface area contributed by atoms with Crippen molar-refractivity contribution in [1.29, 1.82) is 0 Å². The highest BCUT2D eigenvalue weighted by molar-refractivity contribution is 7.98. The Bertz CT molecular complexity index is 1080. The number of esters is 1. The van der Waals surface area contributed by atoms with Crippen LogP contribution in [0, 0.1) is 5.82 Å². The number of amides is 1. The van der Waals surface area contributed by atoms with Gasteiger partial charge in [-0.25, -0.2) is 26.7 Å². The predicted octanol–water partition coefficient (Wildman–Crippen LogP) is 2.79. The molecule has 9 nitrogen and oxygen atoms in total. The zero-order chi connectivity index (χ0) is 22.7. The molecular formula is C17H19FN3O6PS2. The lowest BCUT2D eigenvalue weighted by Gasteiger charge is -2.23. The molecule has 2 aromatic rings. The summed E-state index contributed by atoms with van der Waals surface area (Å²) in [4.78, 5) is 37.5. The first kappa shape index (κ1) is 23.8. The second-order valence-electron chi connectivity index (χ2n) is 6.75. The van der Waals surface area contributed by atoms with E-state index in [0.29, 0.717) is 0 Å². The van der Waals surface area contributed by atoms with E-state index in [-0.39, 0.29) is 31.4 Å². The smallest absolute Gasteiger partial charge is 0.360 e. The maximum atomic E-state index is 14.3. The van der Waals surface area contributed by atoms with Gasteiger partial charge in [-0.1, -0.05) is 0 Å². The molecule has 13 heteroatoms. The lowest BCUT2D eigenvalue weighted by atomic mass is 10.2. The Morgan fingerprint density at radius 2 is 2.00 bits per heavy atom. The summed E-state index contributed by atoms with van der Waals surface area (Å²) in [6.07, 6.45) is -0.0357. The van der Waals surface area contributed by atoms with Crippen LogP contribution in [0.5, 0.6) is 0 Å². The van der Waals surface area contributed by atoms with Crippen LogP contribution in [0.15, 0.2) is 28.6 Å². The van der Waals surface area contributed by atoms with Crippen molar-refractivity contribution in [3.8, 4) is 0 Å². The fourth-order valence-electron chi connectivity index (χ4n) is 2.21. The average molecular weight is 475 g/mol. The van der Waals surface area contributed by atoms with Crippen LogP contribution in [0.2, 0.25) is 0 Å². The summed E-state index contributed by atoms with van der Waals surface area (Å²) in [5, 5.41) is 2.04. The lowest BCUT2D eigenvalue weighted by molar-refractivity contribution is -0.127. The van der Waals surface area contributed by atoms with Gasteiger partial charge in [0.2, 0.25) is 6.29 Å². The predicted molar refractivity (Wildman–Crippen MR) is 112 cm³/mol. The first-order chi connectivity index (χ1) is 13.9. The summed E-state index contributed by atoms with van der Waals surface area (Å²) >= 11 is 0.929. The minimum Gasteiger partial charge on any atom is -0.455 e. The molecule has 0 aliphatic rings. The Labute approximate surface area is 178 Å². The van der Waals surface area contributed by atoms with E-state index in [2.05, 4.69) is 4.98 Å². The summed E-state index contributed by atoms with van der Waals surface area (Å²) in [6, 6.07) is 2.83. The topological polar surface area (TPSA) is 123 Å². The van der Waals surface area contributed by atoms with E-state index in [4.69, 9.17) is 4.74 Å². The van der Waals surface area contributed by atoms with Crippen molar-refractivity contribution < 1.29 is 31.9 Å². The van der Waals surface area contributed by atoms with Gasteiger partial charge in [0, 0.05) is 0 Å². The number of nitrogens with zero attached hydrogens (tertiary/aromatic N) is 2. The maximum Gasteiger partial charge on any atom is 0.360 e.